The topological polar surface area (TPSA) is 42.7 Å². The molecule has 1 aromatic heterocycles. The lowest BCUT2D eigenvalue weighted by molar-refractivity contribution is 0.0358. The predicted octanol–water partition coefficient (Wildman–Crippen LogP) is 2.02. The van der Waals surface area contributed by atoms with E-state index >= 15 is 0 Å². The molecule has 0 radical (unpaired) electrons. The molecule has 1 atom stereocenters. The number of ether oxygens (including phenoxy) is 1. The first kappa shape index (κ1) is 12.1. The summed E-state index contributed by atoms with van der Waals surface area (Å²) in [6, 6.07) is 1.72. The number of furan rings is 1. The van der Waals surface area contributed by atoms with Crippen LogP contribution in [0.15, 0.2) is 23.0 Å². The van der Waals surface area contributed by atoms with Gasteiger partial charge in [-0.1, -0.05) is 0 Å². The molecule has 2 aliphatic rings. The number of amides is 1. The Balaban J connectivity index is 1.56. The summed E-state index contributed by atoms with van der Waals surface area (Å²) in [6.45, 7) is 4.49. The highest BCUT2D eigenvalue weighted by Gasteiger charge is 2.50. The average Bonchev–Trinajstić information content (AvgIpc) is 2.95. The Morgan fingerprint density at radius 3 is 3.17 bits per heavy atom. The van der Waals surface area contributed by atoms with Crippen molar-refractivity contribution in [1.82, 2.24) is 4.90 Å². The van der Waals surface area contributed by atoms with Gasteiger partial charge in [-0.25, -0.2) is 0 Å². The van der Waals surface area contributed by atoms with Crippen molar-refractivity contribution >= 4 is 17.7 Å². The van der Waals surface area contributed by atoms with Crippen LogP contribution in [-0.4, -0.2) is 47.1 Å². The number of carbonyl (C=O) groups is 1. The Labute approximate surface area is 111 Å². The molecular weight excluding hydrogens is 250 g/mol. The smallest absolute Gasteiger partial charge is 0.257 e. The van der Waals surface area contributed by atoms with Crippen LogP contribution < -0.4 is 0 Å². The summed E-state index contributed by atoms with van der Waals surface area (Å²) < 4.78 is 10.9. The van der Waals surface area contributed by atoms with E-state index in [2.05, 4.69) is 0 Å². The van der Waals surface area contributed by atoms with Gasteiger partial charge in [0, 0.05) is 25.4 Å². The molecule has 0 bridgehead atoms. The van der Waals surface area contributed by atoms with Crippen molar-refractivity contribution in [2.75, 3.05) is 25.4 Å². The molecule has 3 heterocycles. The quantitative estimate of drug-likeness (QED) is 0.840. The molecule has 1 spiro atoms. The molecule has 2 fully saturated rings. The lowest BCUT2D eigenvalue weighted by atomic mass is 9.92. The van der Waals surface area contributed by atoms with Gasteiger partial charge in [0.1, 0.15) is 6.26 Å². The number of carbonyl (C=O) groups excluding carboxylic acids is 1. The summed E-state index contributed by atoms with van der Waals surface area (Å²) in [5, 5.41) is 0. The van der Waals surface area contributed by atoms with Crippen LogP contribution in [0.5, 0.6) is 0 Å². The minimum absolute atomic E-state index is 0.0786. The number of hydrogen-bond acceptors (Lipinski definition) is 4. The van der Waals surface area contributed by atoms with Crippen LogP contribution in [-0.2, 0) is 4.74 Å². The van der Waals surface area contributed by atoms with Crippen molar-refractivity contribution in [2.24, 2.45) is 0 Å². The van der Waals surface area contributed by atoms with Crippen LogP contribution in [0.1, 0.15) is 23.7 Å². The van der Waals surface area contributed by atoms with E-state index in [1.165, 1.54) is 12.5 Å². The van der Waals surface area contributed by atoms with E-state index in [9.17, 15) is 4.79 Å². The molecule has 0 N–H and O–H groups in total. The van der Waals surface area contributed by atoms with Gasteiger partial charge in [-0.3, -0.25) is 4.79 Å². The molecule has 0 saturated carbocycles. The normalized spacial score (nSPS) is 25.4. The Bertz CT molecular complexity index is 425. The average molecular weight is 267 g/mol. The highest BCUT2D eigenvalue weighted by molar-refractivity contribution is 8.01. The van der Waals surface area contributed by atoms with Crippen LogP contribution in [0.4, 0.5) is 0 Å². The molecular formula is C13H17NO3S. The van der Waals surface area contributed by atoms with Crippen molar-refractivity contribution in [3.63, 3.8) is 0 Å². The zero-order valence-corrected chi connectivity index (χ0v) is 11.2. The van der Waals surface area contributed by atoms with Crippen LogP contribution >= 0.6 is 11.8 Å². The third kappa shape index (κ3) is 2.06. The molecule has 1 aromatic rings. The van der Waals surface area contributed by atoms with E-state index in [4.69, 9.17) is 9.15 Å². The molecule has 0 aromatic carbocycles. The number of nitrogens with zero attached hydrogens (tertiary/aromatic N) is 1. The fourth-order valence-electron chi connectivity index (χ4n) is 2.73. The standard InChI is InChI=1S/C13H17NO3S/c1-2-17-11-5-13(18-7-11)8-14(9-13)12(15)10-3-4-16-6-10/h3-4,6,11H,2,5,7-9H2,1H3/t11-/m1/s1. The first-order chi connectivity index (χ1) is 8.72. The van der Waals surface area contributed by atoms with Crippen LogP contribution in [0.25, 0.3) is 0 Å². The fraction of sp³-hybridized carbons (Fsp3) is 0.615. The Morgan fingerprint density at radius 1 is 1.67 bits per heavy atom. The lowest BCUT2D eigenvalue weighted by Crippen LogP contribution is -2.60. The molecule has 0 aliphatic carbocycles. The van der Waals surface area contributed by atoms with Gasteiger partial charge in [0.15, 0.2) is 0 Å². The predicted molar refractivity (Wildman–Crippen MR) is 69.8 cm³/mol. The van der Waals surface area contributed by atoms with Crippen molar-refractivity contribution in [2.45, 2.75) is 24.2 Å². The summed E-state index contributed by atoms with van der Waals surface area (Å²) in [7, 11) is 0. The maximum absolute atomic E-state index is 12.1. The second-order valence-corrected chi connectivity index (χ2v) is 6.44. The van der Waals surface area contributed by atoms with E-state index in [1.807, 2.05) is 23.6 Å². The minimum Gasteiger partial charge on any atom is -0.472 e. The van der Waals surface area contributed by atoms with Crippen molar-refractivity contribution < 1.29 is 13.9 Å². The monoisotopic (exact) mass is 267 g/mol. The molecule has 2 saturated heterocycles. The Hall–Kier alpha value is -0.940. The summed E-state index contributed by atoms with van der Waals surface area (Å²) in [6.07, 6.45) is 4.49. The van der Waals surface area contributed by atoms with Crippen LogP contribution in [0.3, 0.4) is 0 Å². The summed E-state index contributed by atoms with van der Waals surface area (Å²) in [5.74, 6) is 1.14. The molecule has 1 amide bonds. The van der Waals surface area contributed by atoms with E-state index in [0.717, 1.165) is 31.9 Å². The van der Waals surface area contributed by atoms with Gasteiger partial charge < -0.3 is 14.1 Å². The molecule has 0 unspecified atom stereocenters. The van der Waals surface area contributed by atoms with E-state index in [-0.39, 0.29) is 10.7 Å². The first-order valence-electron chi connectivity index (χ1n) is 6.29. The number of hydrogen-bond donors (Lipinski definition) is 0. The molecule has 98 valence electrons. The van der Waals surface area contributed by atoms with Gasteiger partial charge in [0.2, 0.25) is 0 Å². The first-order valence-corrected chi connectivity index (χ1v) is 7.28. The van der Waals surface area contributed by atoms with Gasteiger partial charge in [-0.15, -0.1) is 11.8 Å². The van der Waals surface area contributed by atoms with Gasteiger partial charge in [-0.2, -0.15) is 0 Å². The second-order valence-electron chi connectivity index (χ2n) is 4.95. The van der Waals surface area contributed by atoms with Gasteiger partial charge in [0.05, 0.1) is 22.7 Å². The summed E-state index contributed by atoms with van der Waals surface area (Å²) >= 11 is 1.96. The lowest BCUT2D eigenvalue weighted by Gasteiger charge is -2.47. The zero-order chi connectivity index (χ0) is 12.6. The highest BCUT2D eigenvalue weighted by Crippen LogP contribution is 2.46. The van der Waals surface area contributed by atoms with Gasteiger partial charge in [0.25, 0.3) is 5.91 Å². The number of rotatable bonds is 3. The third-order valence-electron chi connectivity index (χ3n) is 3.59. The number of likely N-dealkylation sites (tertiary alicyclic amines) is 1. The Kier molecular flexibility index (Phi) is 3.11. The molecule has 2 aliphatic heterocycles. The summed E-state index contributed by atoms with van der Waals surface area (Å²) in [4.78, 5) is 14.0. The molecule has 5 heteroatoms. The SMILES string of the molecule is CCO[C@H]1CSC2(C1)CN(C(=O)c1ccoc1)C2. The molecule has 18 heavy (non-hydrogen) atoms. The van der Waals surface area contributed by atoms with Crippen molar-refractivity contribution in [3.8, 4) is 0 Å². The van der Waals surface area contributed by atoms with Crippen molar-refractivity contribution in [3.05, 3.63) is 24.2 Å². The largest absolute Gasteiger partial charge is 0.472 e. The molecule has 3 rings (SSSR count). The van der Waals surface area contributed by atoms with E-state index in [0.29, 0.717) is 11.7 Å². The zero-order valence-electron chi connectivity index (χ0n) is 10.4. The van der Waals surface area contributed by atoms with E-state index in [1.54, 1.807) is 6.07 Å². The van der Waals surface area contributed by atoms with Crippen LogP contribution in [0, 0.1) is 0 Å². The highest BCUT2D eigenvalue weighted by atomic mass is 32.2. The summed E-state index contributed by atoms with van der Waals surface area (Å²) in [5.41, 5.74) is 0.647. The van der Waals surface area contributed by atoms with Crippen molar-refractivity contribution in [1.29, 1.82) is 0 Å². The maximum atomic E-state index is 12.1. The minimum atomic E-state index is 0.0786. The third-order valence-corrected chi connectivity index (χ3v) is 5.17. The number of thioether (sulfide) groups is 1. The fourth-order valence-corrected chi connectivity index (χ4v) is 4.28. The maximum Gasteiger partial charge on any atom is 0.257 e. The second kappa shape index (κ2) is 4.63. The molecule has 4 nitrogen and oxygen atoms in total. The van der Waals surface area contributed by atoms with Crippen LogP contribution in [0.2, 0.25) is 0 Å². The van der Waals surface area contributed by atoms with Gasteiger partial charge in [-0.05, 0) is 19.4 Å². The Morgan fingerprint density at radius 2 is 2.50 bits per heavy atom. The van der Waals surface area contributed by atoms with Gasteiger partial charge >= 0.3 is 0 Å². The van der Waals surface area contributed by atoms with E-state index < -0.39 is 0 Å².